The molecule has 2 aromatic rings. The second-order valence-electron chi connectivity index (χ2n) is 4.38. The third-order valence-corrected chi connectivity index (χ3v) is 3.16. The van der Waals surface area contributed by atoms with E-state index in [-0.39, 0.29) is 5.95 Å². The van der Waals surface area contributed by atoms with Crippen LogP contribution >= 0.6 is 0 Å². The van der Waals surface area contributed by atoms with E-state index in [0.29, 0.717) is 5.82 Å². The fourth-order valence-corrected chi connectivity index (χ4v) is 2.21. The molecular formula is C14H18N4. The number of anilines is 2. The number of hydrogen-bond donors (Lipinski definition) is 2. The second kappa shape index (κ2) is 5.04. The van der Waals surface area contributed by atoms with Crippen molar-refractivity contribution in [2.45, 2.75) is 26.7 Å². The second-order valence-corrected chi connectivity index (χ2v) is 4.38. The topological polar surface area (TPSA) is 77.8 Å². The lowest BCUT2D eigenvalue weighted by Crippen LogP contribution is -2.05. The summed E-state index contributed by atoms with van der Waals surface area (Å²) in [5.41, 5.74) is 16.2. The monoisotopic (exact) mass is 242 g/mol. The first-order valence-electron chi connectivity index (χ1n) is 6.06. The number of benzene rings is 1. The summed E-state index contributed by atoms with van der Waals surface area (Å²) >= 11 is 0. The van der Waals surface area contributed by atoms with Crippen LogP contribution in [-0.2, 0) is 12.8 Å². The van der Waals surface area contributed by atoms with Crippen LogP contribution in [-0.4, -0.2) is 9.97 Å². The lowest BCUT2D eigenvalue weighted by molar-refractivity contribution is 1.02. The lowest BCUT2D eigenvalue weighted by atomic mass is 9.95. The van der Waals surface area contributed by atoms with E-state index in [1.807, 2.05) is 0 Å². The van der Waals surface area contributed by atoms with Crippen molar-refractivity contribution >= 4 is 11.8 Å². The summed E-state index contributed by atoms with van der Waals surface area (Å²) < 4.78 is 0. The smallest absolute Gasteiger partial charge is 0.221 e. The number of nitrogens with zero attached hydrogens (tertiary/aromatic N) is 2. The van der Waals surface area contributed by atoms with E-state index in [0.717, 1.165) is 18.4 Å². The molecule has 0 aliphatic carbocycles. The van der Waals surface area contributed by atoms with Crippen LogP contribution in [0.4, 0.5) is 11.8 Å². The lowest BCUT2D eigenvalue weighted by Gasteiger charge is -2.11. The molecule has 1 aromatic carbocycles. The van der Waals surface area contributed by atoms with Crippen molar-refractivity contribution < 1.29 is 0 Å². The minimum absolute atomic E-state index is 0.219. The van der Waals surface area contributed by atoms with Crippen molar-refractivity contribution in [1.82, 2.24) is 9.97 Å². The summed E-state index contributed by atoms with van der Waals surface area (Å²) in [6, 6.07) is 6.32. The third kappa shape index (κ3) is 2.42. The zero-order valence-electron chi connectivity index (χ0n) is 10.8. The molecule has 0 amide bonds. The predicted molar refractivity (Wildman–Crippen MR) is 74.2 cm³/mol. The molecule has 94 valence electrons. The zero-order valence-corrected chi connectivity index (χ0v) is 10.8. The molecule has 0 fully saturated rings. The van der Waals surface area contributed by atoms with E-state index in [1.165, 1.54) is 16.7 Å². The minimum Gasteiger partial charge on any atom is -0.383 e. The Bertz CT molecular complexity index is 564. The van der Waals surface area contributed by atoms with Gasteiger partial charge in [0, 0.05) is 18.2 Å². The van der Waals surface area contributed by atoms with Gasteiger partial charge in [0.15, 0.2) is 0 Å². The van der Waals surface area contributed by atoms with Crippen molar-refractivity contribution in [2.24, 2.45) is 0 Å². The molecule has 0 bridgehead atoms. The highest BCUT2D eigenvalue weighted by Gasteiger charge is 2.08. The number of nitrogens with two attached hydrogens (primary N) is 2. The third-order valence-electron chi connectivity index (χ3n) is 3.16. The van der Waals surface area contributed by atoms with Crippen molar-refractivity contribution in [3.05, 3.63) is 46.6 Å². The Morgan fingerprint density at radius 1 is 1.17 bits per heavy atom. The highest BCUT2D eigenvalue weighted by molar-refractivity contribution is 5.46. The summed E-state index contributed by atoms with van der Waals surface area (Å²) in [7, 11) is 0. The van der Waals surface area contributed by atoms with Gasteiger partial charge in [0.25, 0.3) is 0 Å². The predicted octanol–water partition coefficient (Wildman–Crippen LogP) is 2.10. The van der Waals surface area contributed by atoms with E-state index in [2.05, 4.69) is 42.0 Å². The molecule has 0 radical (unpaired) electrons. The van der Waals surface area contributed by atoms with Crippen molar-refractivity contribution in [3.8, 4) is 0 Å². The molecular weight excluding hydrogens is 224 g/mol. The molecule has 18 heavy (non-hydrogen) atoms. The number of rotatable bonds is 3. The largest absolute Gasteiger partial charge is 0.383 e. The standard InChI is InChI=1S/C14H18N4/c1-3-12-9(2)5-4-6-10(12)7-11-8-17-14(16)18-13(11)15/h4-6,8H,3,7H2,1-2H3,(H4,15,16,17,18). The molecule has 4 heteroatoms. The van der Waals surface area contributed by atoms with Crippen LogP contribution in [0.25, 0.3) is 0 Å². The van der Waals surface area contributed by atoms with Gasteiger partial charge in [-0.05, 0) is 30.0 Å². The van der Waals surface area contributed by atoms with Gasteiger partial charge in [-0.15, -0.1) is 0 Å². The number of hydrogen-bond acceptors (Lipinski definition) is 4. The fourth-order valence-electron chi connectivity index (χ4n) is 2.21. The van der Waals surface area contributed by atoms with E-state index >= 15 is 0 Å². The number of aryl methyl sites for hydroxylation is 1. The molecule has 0 saturated carbocycles. The van der Waals surface area contributed by atoms with E-state index in [9.17, 15) is 0 Å². The summed E-state index contributed by atoms with van der Waals surface area (Å²) in [5.74, 6) is 0.683. The average Bonchev–Trinajstić information content (AvgIpc) is 2.33. The van der Waals surface area contributed by atoms with Crippen LogP contribution in [0.3, 0.4) is 0 Å². The molecule has 0 aliphatic heterocycles. The molecule has 0 saturated heterocycles. The summed E-state index contributed by atoms with van der Waals surface area (Å²) in [6.07, 6.45) is 3.47. The maximum atomic E-state index is 5.87. The van der Waals surface area contributed by atoms with Crippen LogP contribution in [0.2, 0.25) is 0 Å². The Morgan fingerprint density at radius 2 is 1.94 bits per heavy atom. The van der Waals surface area contributed by atoms with Crippen LogP contribution in [0, 0.1) is 6.92 Å². The first-order valence-corrected chi connectivity index (χ1v) is 6.06. The first-order chi connectivity index (χ1) is 8.61. The van der Waals surface area contributed by atoms with Gasteiger partial charge >= 0.3 is 0 Å². The van der Waals surface area contributed by atoms with Crippen LogP contribution in [0.5, 0.6) is 0 Å². The number of nitrogen functional groups attached to an aromatic ring is 2. The molecule has 4 nitrogen and oxygen atoms in total. The minimum atomic E-state index is 0.219. The fraction of sp³-hybridized carbons (Fsp3) is 0.286. The van der Waals surface area contributed by atoms with E-state index < -0.39 is 0 Å². The zero-order chi connectivity index (χ0) is 13.1. The van der Waals surface area contributed by atoms with Gasteiger partial charge in [0.2, 0.25) is 5.95 Å². The maximum absolute atomic E-state index is 5.87. The van der Waals surface area contributed by atoms with Crippen molar-refractivity contribution in [3.63, 3.8) is 0 Å². The van der Waals surface area contributed by atoms with Crippen LogP contribution < -0.4 is 11.5 Å². The average molecular weight is 242 g/mol. The molecule has 0 unspecified atom stereocenters. The van der Waals surface area contributed by atoms with Crippen molar-refractivity contribution in [2.75, 3.05) is 11.5 Å². The van der Waals surface area contributed by atoms with Gasteiger partial charge in [0.05, 0.1) is 0 Å². The van der Waals surface area contributed by atoms with Gasteiger partial charge in [-0.2, -0.15) is 4.98 Å². The molecule has 2 rings (SSSR count). The highest BCUT2D eigenvalue weighted by atomic mass is 15.0. The Hall–Kier alpha value is -2.10. The van der Waals surface area contributed by atoms with Crippen LogP contribution in [0.1, 0.15) is 29.2 Å². The summed E-state index contributed by atoms with van der Waals surface area (Å²) in [6.45, 7) is 4.29. The van der Waals surface area contributed by atoms with E-state index in [4.69, 9.17) is 11.5 Å². The van der Waals surface area contributed by atoms with Gasteiger partial charge in [-0.1, -0.05) is 25.1 Å². The summed E-state index contributed by atoms with van der Waals surface area (Å²) in [4.78, 5) is 7.99. The first kappa shape index (κ1) is 12.4. The Morgan fingerprint density at radius 3 is 2.61 bits per heavy atom. The summed E-state index contributed by atoms with van der Waals surface area (Å²) in [5, 5.41) is 0. The Labute approximate surface area is 107 Å². The SMILES string of the molecule is CCc1c(C)cccc1Cc1cnc(N)nc1N. The Kier molecular flexibility index (Phi) is 3.46. The quantitative estimate of drug-likeness (QED) is 0.864. The van der Waals surface area contributed by atoms with E-state index in [1.54, 1.807) is 6.20 Å². The van der Waals surface area contributed by atoms with Gasteiger partial charge in [-0.25, -0.2) is 4.98 Å². The molecule has 1 aromatic heterocycles. The Balaban J connectivity index is 2.37. The normalized spacial score (nSPS) is 10.6. The molecule has 0 atom stereocenters. The molecule has 0 aliphatic rings. The van der Waals surface area contributed by atoms with Gasteiger partial charge in [-0.3, -0.25) is 0 Å². The molecule has 4 N–H and O–H groups in total. The highest BCUT2D eigenvalue weighted by Crippen LogP contribution is 2.20. The number of aromatic nitrogens is 2. The maximum Gasteiger partial charge on any atom is 0.221 e. The molecule has 1 heterocycles. The van der Waals surface area contributed by atoms with Gasteiger partial charge in [0.1, 0.15) is 5.82 Å². The van der Waals surface area contributed by atoms with Gasteiger partial charge < -0.3 is 11.5 Å². The van der Waals surface area contributed by atoms with Crippen LogP contribution in [0.15, 0.2) is 24.4 Å². The van der Waals surface area contributed by atoms with Crippen molar-refractivity contribution in [1.29, 1.82) is 0 Å². The molecule has 0 spiro atoms.